The minimum absolute atomic E-state index is 0.0865. The van der Waals surface area contributed by atoms with Gasteiger partial charge in [0.2, 0.25) is 5.91 Å². The molecule has 1 saturated carbocycles. The van der Waals surface area contributed by atoms with Crippen molar-refractivity contribution in [2.24, 2.45) is 0 Å². The Kier molecular flexibility index (Phi) is 4.28. The van der Waals surface area contributed by atoms with Crippen molar-refractivity contribution in [3.63, 3.8) is 0 Å². The molecule has 0 aromatic heterocycles. The Hall–Kier alpha value is -1.88. The zero-order valence-corrected chi connectivity index (χ0v) is 15.0. The van der Waals surface area contributed by atoms with Crippen molar-refractivity contribution in [3.8, 4) is 0 Å². The highest BCUT2D eigenvalue weighted by atomic mass is 16.2. The zero-order valence-electron chi connectivity index (χ0n) is 15.0. The van der Waals surface area contributed by atoms with Gasteiger partial charge in [-0.15, -0.1) is 0 Å². The van der Waals surface area contributed by atoms with Crippen molar-refractivity contribution in [2.45, 2.75) is 57.0 Å². The number of hydrogen-bond acceptors (Lipinski definition) is 4. The second kappa shape index (κ2) is 6.45. The van der Waals surface area contributed by atoms with Crippen LogP contribution in [0.2, 0.25) is 0 Å². The first-order chi connectivity index (χ1) is 12.1. The number of carbonyl (C=O) groups excluding carboxylic acids is 2. The number of nitrogens with zero attached hydrogens (tertiary/aromatic N) is 2. The van der Waals surface area contributed by atoms with Gasteiger partial charge < -0.3 is 10.2 Å². The summed E-state index contributed by atoms with van der Waals surface area (Å²) >= 11 is 0. The number of nitrogens with one attached hydrogen (secondary N) is 1. The van der Waals surface area contributed by atoms with Gasteiger partial charge in [-0.3, -0.25) is 14.5 Å². The fourth-order valence-electron chi connectivity index (χ4n) is 4.71. The summed E-state index contributed by atoms with van der Waals surface area (Å²) in [4.78, 5) is 29.5. The predicted molar refractivity (Wildman–Crippen MR) is 97.5 cm³/mol. The molecule has 1 aromatic carbocycles. The van der Waals surface area contributed by atoms with E-state index in [1.165, 1.54) is 5.56 Å². The highest BCUT2D eigenvalue weighted by Crippen LogP contribution is 2.37. The molecule has 4 rings (SSSR count). The second-order valence-corrected chi connectivity index (χ2v) is 7.72. The Bertz CT molecular complexity index is 662. The van der Waals surface area contributed by atoms with Crippen LogP contribution in [0.5, 0.6) is 0 Å². The first-order valence-electron chi connectivity index (χ1n) is 9.49. The number of hydrogen-bond donors (Lipinski definition) is 1. The monoisotopic (exact) mass is 341 g/mol. The molecule has 5 nitrogen and oxygen atoms in total. The molecule has 0 radical (unpaired) electrons. The summed E-state index contributed by atoms with van der Waals surface area (Å²) in [5.74, 6) is 0.538. The Balaban J connectivity index is 1.52. The van der Waals surface area contributed by atoms with E-state index in [0.29, 0.717) is 12.5 Å². The molecule has 1 unspecified atom stereocenters. The Morgan fingerprint density at radius 1 is 1.08 bits per heavy atom. The van der Waals surface area contributed by atoms with E-state index in [1.54, 1.807) is 0 Å². The lowest BCUT2D eigenvalue weighted by Crippen LogP contribution is -2.59. The molecular formula is C20H27N3O2. The van der Waals surface area contributed by atoms with Gasteiger partial charge in [-0.25, -0.2) is 0 Å². The molecule has 1 atom stereocenters. The van der Waals surface area contributed by atoms with Crippen LogP contribution in [-0.4, -0.2) is 47.9 Å². The van der Waals surface area contributed by atoms with Crippen molar-refractivity contribution in [1.29, 1.82) is 0 Å². The number of piperidine rings is 1. The van der Waals surface area contributed by atoms with E-state index in [0.717, 1.165) is 57.3 Å². The van der Waals surface area contributed by atoms with Gasteiger partial charge in [-0.05, 0) is 44.7 Å². The van der Waals surface area contributed by atoms with Crippen LogP contribution in [0.25, 0.3) is 0 Å². The fraction of sp³-hybridized carbons (Fsp3) is 0.600. The predicted octanol–water partition coefficient (Wildman–Crippen LogP) is 2.24. The molecule has 3 aliphatic rings. The molecular weight excluding hydrogens is 314 g/mol. The summed E-state index contributed by atoms with van der Waals surface area (Å²) in [6, 6.07) is 8.50. The summed E-state index contributed by atoms with van der Waals surface area (Å²) in [7, 11) is 0. The van der Waals surface area contributed by atoms with Crippen LogP contribution in [0.1, 0.15) is 44.1 Å². The zero-order chi connectivity index (χ0) is 17.4. The fourth-order valence-corrected chi connectivity index (χ4v) is 4.71. The molecule has 1 aliphatic carbocycles. The molecule has 2 heterocycles. The number of anilines is 1. The molecule has 0 bridgehead atoms. The van der Waals surface area contributed by atoms with E-state index in [1.807, 2.05) is 0 Å². The SMILES string of the molecule is Cc1ccc(N2CNC(=O)C23CCN(C2CCCCC2=O)CC3)cc1. The maximum Gasteiger partial charge on any atom is 0.247 e. The molecule has 1 amide bonds. The number of Topliss-reactive ketones (excluding diaryl/α,β-unsaturated/α-hetero) is 1. The molecule has 134 valence electrons. The number of ketones is 1. The van der Waals surface area contributed by atoms with Crippen molar-refractivity contribution in [3.05, 3.63) is 29.8 Å². The van der Waals surface area contributed by atoms with E-state index in [-0.39, 0.29) is 11.9 Å². The van der Waals surface area contributed by atoms with Crippen LogP contribution in [0, 0.1) is 6.92 Å². The minimum Gasteiger partial charge on any atom is -0.339 e. The van der Waals surface area contributed by atoms with Crippen LogP contribution in [0.4, 0.5) is 5.69 Å². The average Bonchev–Trinajstić information content (AvgIpc) is 2.94. The molecule has 2 aliphatic heterocycles. The first kappa shape index (κ1) is 16.6. The lowest BCUT2D eigenvalue weighted by Gasteiger charge is -2.45. The molecule has 5 heteroatoms. The van der Waals surface area contributed by atoms with Crippen molar-refractivity contribution in [1.82, 2.24) is 10.2 Å². The van der Waals surface area contributed by atoms with Crippen LogP contribution in [0.3, 0.4) is 0 Å². The Morgan fingerprint density at radius 3 is 2.48 bits per heavy atom. The summed E-state index contributed by atoms with van der Waals surface area (Å²) in [6.07, 6.45) is 5.47. The smallest absolute Gasteiger partial charge is 0.247 e. The maximum absolute atomic E-state index is 12.7. The van der Waals surface area contributed by atoms with Crippen LogP contribution >= 0.6 is 0 Å². The molecule has 2 saturated heterocycles. The summed E-state index contributed by atoms with van der Waals surface area (Å²) in [6.45, 7) is 4.30. The molecule has 3 fully saturated rings. The van der Waals surface area contributed by atoms with Crippen LogP contribution in [-0.2, 0) is 9.59 Å². The summed E-state index contributed by atoms with van der Waals surface area (Å²) < 4.78 is 0. The summed E-state index contributed by atoms with van der Waals surface area (Å²) in [5, 5.41) is 3.05. The molecule has 1 spiro atoms. The van der Waals surface area contributed by atoms with Crippen LogP contribution < -0.4 is 10.2 Å². The number of aryl methyl sites for hydroxylation is 1. The lowest BCUT2D eigenvalue weighted by atomic mass is 9.83. The highest BCUT2D eigenvalue weighted by molar-refractivity contribution is 5.93. The molecule has 1 N–H and O–H groups in total. The second-order valence-electron chi connectivity index (χ2n) is 7.72. The minimum atomic E-state index is -0.455. The van der Waals surface area contributed by atoms with Gasteiger partial charge in [0, 0.05) is 25.2 Å². The Labute approximate surface area is 149 Å². The standard InChI is InChI=1S/C20H27N3O2/c1-15-6-8-16(9-7-15)23-14-21-19(25)20(23)10-12-22(13-11-20)17-4-2-3-5-18(17)24/h6-9,17H,2-5,10-14H2,1H3,(H,21,25). The van der Waals surface area contributed by atoms with Crippen molar-refractivity contribution in [2.75, 3.05) is 24.7 Å². The van der Waals surface area contributed by atoms with E-state index >= 15 is 0 Å². The van der Waals surface area contributed by atoms with Gasteiger partial charge in [0.1, 0.15) is 11.3 Å². The largest absolute Gasteiger partial charge is 0.339 e. The van der Waals surface area contributed by atoms with E-state index in [9.17, 15) is 9.59 Å². The maximum atomic E-state index is 12.7. The topological polar surface area (TPSA) is 52.7 Å². The van der Waals surface area contributed by atoms with Crippen molar-refractivity contribution < 1.29 is 9.59 Å². The Morgan fingerprint density at radius 2 is 1.80 bits per heavy atom. The van der Waals surface area contributed by atoms with E-state index in [2.05, 4.69) is 46.3 Å². The third-order valence-electron chi connectivity index (χ3n) is 6.27. The number of benzene rings is 1. The highest BCUT2D eigenvalue weighted by Gasteiger charge is 2.51. The quantitative estimate of drug-likeness (QED) is 0.896. The van der Waals surface area contributed by atoms with Gasteiger partial charge in [-0.2, -0.15) is 0 Å². The van der Waals surface area contributed by atoms with E-state index in [4.69, 9.17) is 0 Å². The molecule has 25 heavy (non-hydrogen) atoms. The lowest BCUT2D eigenvalue weighted by molar-refractivity contribution is -0.128. The molecule has 1 aromatic rings. The van der Waals surface area contributed by atoms with Gasteiger partial charge in [0.15, 0.2) is 0 Å². The van der Waals surface area contributed by atoms with Gasteiger partial charge in [0.05, 0.1) is 12.7 Å². The van der Waals surface area contributed by atoms with Gasteiger partial charge in [-0.1, -0.05) is 24.1 Å². The number of rotatable bonds is 2. The van der Waals surface area contributed by atoms with E-state index < -0.39 is 5.54 Å². The summed E-state index contributed by atoms with van der Waals surface area (Å²) in [5.41, 5.74) is 1.87. The third-order valence-corrected chi connectivity index (χ3v) is 6.27. The third kappa shape index (κ3) is 2.84. The van der Waals surface area contributed by atoms with Gasteiger partial charge >= 0.3 is 0 Å². The number of likely N-dealkylation sites (tertiary alicyclic amines) is 1. The normalized spacial score (nSPS) is 26.9. The average molecular weight is 341 g/mol. The first-order valence-corrected chi connectivity index (χ1v) is 9.49. The van der Waals surface area contributed by atoms with Crippen LogP contribution in [0.15, 0.2) is 24.3 Å². The van der Waals surface area contributed by atoms with Gasteiger partial charge in [0.25, 0.3) is 0 Å². The van der Waals surface area contributed by atoms with Crippen molar-refractivity contribution >= 4 is 17.4 Å². The number of amides is 1. The number of carbonyl (C=O) groups is 2.